The Kier molecular flexibility index (Phi) is 4.44. The molecule has 1 fully saturated rings. The summed E-state index contributed by atoms with van der Waals surface area (Å²) in [7, 11) is 0. The normalized spacial score (nSPS) is 40.8. The zero-order valence-corrected chi connectivity index (χ0v) is 13.3. The SMILES string of the molecule is CC1CN=C(N2C(I)CCC[C@H]2C)S[C@H]1C. The Hall–Kier alpha value is 0.550. The van der Waals surface area contributed by atoms with Crippen molar-refractivity contribution >= 4 is 39.5 Å². The number of likely N-dealkylation sites (tertiary alicyclic amines) is 1. The molecule has 0 radical (unpaired) electrons. The lowest BCUT2D eigenvalue weighted by Crippen LogP contribution is -2.46. The number of aliphatic imine (C=N–C) groups is 1. The predicted octanol–water partition coefficient (Wildman–Crippen LogP) is 3.75. The lowest BCUT2D eigenvalue weighted by molar-refractivity contribution is 0.249. The maximum Gasteiger partial charge on any atom is 0.160 e. The molecule has 0 N–H and O–H groups in total. The molecule has 0 aromatic carbocycles. The summed E-state index contributed by atoms with van der Waals surface area (Å²) in [6, 6.07) is 0.669. The highest BCUT2D eigenvalue weighted by Crippen LogP contribution is 2.34. The highest BCUT2D eigenvalue weighted by Gasteiger charge is 2.32. The van der Waals surface area contributed by atoms with Gasteiger partial charge in [-0.3, -0.25) is 4.99 Å². The summed E-state index contributed by atoms with van der Waals surface area (Å²) in [6.07, 6.45) is 4.01. The second-order valence-electron chi connectivity index (χ2n) is 5.05. The van der Waals surface area contributed by atoms with Crippen molar-refractivity contribution in [3.05, 3.63) is 0 Å². The Morgan fingerprint density at radius 2 is 2.06 bits per heavy atom. The number of amidine groups is 1. The van der Waals surface area contributed by atoms with Gasteiger partial charge in [-0.05, 0) is 32.1 Å². The molecule has 0 amide bonds. The third-order valence-electron chi connectivity index (χ3n) is 3.67. The van der Waals surface area contributed by atoms with Crippen LogP contribution in [0.1, 0.15) is 40.0 Å². The molecule has 0 aromatic heterocycles. The molecule has 0 aromatic rings. The molecule has 16 heavy (non-hydrogen) atoms. The van der Waals surface area contributed by atoms with Crippen LogP contribution in [0.2, 0.25) is 0 Å². The number of hydrogen-bond donors (Lipinski definition) is 0. The second-order valence-corrected chi connectivity index (χ2v) is 7.83. The first-order valence-electron chi connectivity index (χ1n) is 6.23. The van der Waals surface area contributed by atoms with Gasteiger partial charge in [-0.15, -0.1) is 0 Å². The second kappa shape index (κ2) is 5.46. The summed E-state index contributed by atoms with van der Waals surface area (Å²) in [6.45, 7) is 7.99. The van der Waals surface area contributed by atoms with E-state index in [0.29, 0.717) is 15.3 Å². The first kappa shape index (κ1) is 13.0. The van der Waals surface area contributed by atoms with E-state index in [1.54, 1.807) is 0 Å². The topological polar surface area (TPSA) is 15.6 Å². The summed E-state index contributed by atoms with van der Waals surface area (Å²) in [4.78, 5) is 7.34. The van der Waals surface area contributed by atoms with E-state index in [2.05, 4.69) is 48.3 Å². The Morgan fingerprint density at radius 1 is 1.31 bits per heavy atom. The van der Waals surface area contributed by atoms with Gasteiger partial charge in [0.15, 0.2) is 5.17 Å². The summed E-state index contributed by atoms with van der Waals surface area (Å²) in [5.41, 5.74) is 0. The molecular weight excluding hydrogens is 331 g/mol. The molecule has 0 spiro atoms. The smallest absolute Gasteiger partial charge is 0.160 e. The van der Waals surface area contributed by atoms with Crippen molar-refractivity contribution in [2.75, 3.05) is 6.54 Å². The van der Waals surface area contributed by atoms with Gasteiger partial charge in [0.25, 0.3) is 0 Å². The average molecular weight is 352 g/mol. The van der Waals surface area contributed by atoms with Gasteiger partial charge in [0.1, 0.15) is 0 Å². The first-order chi connectivity index (χ1) is 7.59. The quantitative estimate of drug-likeness (QED) is 0.375. The number of piperidine rings is 1. The molecular formula is C12H21IN2S. The number of rotatable bonds is 0. The predicted molar refractivity (Wildman–Crippen MR) is 81.5 cm³/mol. The fraction of sp³-hybridized carbons (Fsp3) is 0.917. The molecule has 2 aliphatic rings. The van der Waals surface area contributed by atoms with Gasteiger partial charge >= 0.3 is 0 Å². The summed E-state index contributed by atoms with van der Waals surface area (Å²) < 4.78 is 0.646. The monoisotopic (exact) mass is 352 g/mol. The van der Waals surface area contributed by atoms with E-state index in [1.165, 1.54) is 24.4 Å². The molecule has 2 nitrogen and oxygen atoms in total. The van der Waals surface area contributed by atoms with Crippen molar-refractivity contribution in [3.63, 3.8) is 0 Å². The number of nitrogens with zero attached hydrogens (tertiary/aromatic N) is 2. The highest BCUT2D eigenvalue weighted by atomic mass is 127. The van der Waals surface area contributed by atoms with E-state index in [9.17, 15) is 0 Å². The molecule has 92 valence electrons. The Labute approximate surface area is 117 Å². The standard InChI is InChI=1S/C12H21IN2S/c1-8-7-14-12(16-10(8)3)15-9(2)5-4-6-11(15)13/h8-11H,4-7H2,1-3H3/t8?,9-,10+,11?/m1/s1. The van der Waals surface area contributed by atoms with Crippen molar-refractivity contribution in [1.82, 2.24) is 4.90 Å². The molecule has 0 aliphatic carbocycles. The van der Waals surface area contributed by atoms with Crippen LogP contribution in [-0.4, -0.2) is 32.0 Å². The van der Waals surface area contributed by atoms with Crippen LogP contribution in [0.5, 0.6) is 0 Å². The van der Waals surface area contributed by atoms with Gasteiger partial charge in [0, 0.05) is 17.8 Å². The minimum atomic E-state index is 0.646. The van der Waals surface area contributed by atoms with Crippen LogP contribution in [0.15, 0.2) is 4.99 Å². The maximum absolute atomic E-state index is 4.79. The number of hydrogen-bond acceptors (Lipinski definition) is 3. The fourth-order valence-electron chi connectivity index (χ4n) is 2.28. The lowest BCUT2D eigenvalue weighted by atomic mass is 10.0. The largest absolute Gasteiger partial charge is 0.337 e. The minimum absolute atomic E-state index is 0.646. The molecule has 0 saturated carbocycles. The fourth-order valence-corrected chi connectivity index (χ4v) is 4.95. The van der Waals surface area contributed by atoms with E-state index < -0.39 is 0 Å². The maximum atomic E-state index is 4.79. The van der Waals surface area contributed by atoms with Gasteiger partial charge in [-0.1, -0.05) is 48.2 Å². The van der Waals surface area contributed by atoms with E-state index >= 15 is 0 Å². The van der Waals surface area contributed by atoms with Gasteiger partial charge in [0.2, 0.25) is 0 Å². The van der Waals surface area contributed by atoms with Crippen LogP contribution >= 0.6 is 34.4 Å². The zero-order valence-electron chi connectivity index (χ0n) is 10.3. The highest BCUT2D eigenvalue weighted by molar-refractivity contribution is 14.1. The molecule has 4 atom stereocenters. The number of thioether (sulfide) groups is 1. The molecule has 1 saturated heterocycles. The number of halogens is 1. The van der Waals surface area contributed by atoms with Crippen LogP contribution in [0, 0.1) is 5.92 Å². The molecule has 2 heterocycles. The van der Waals surface area contributed by atoms with Crippen molar-refractivity contribution in [2.24, 2.45) is 10.9 Å². The summed E-state index contributed by atoms with van der Waals surface area (Å²) in [5.74, 6) is 0.724. The number of alkyl halides is 1. The average Bonchev–Trinajstić information content (AvgIpc) is 2.23. The van der Waals surface area contributed by atoms with Gasteiger partial charge in [-0.25, -0.2) is 0 Å². The summed E-state index contributed by atoms with van der Waals surface area (Å²) in [5, 5.41) is 2.02. The van der Waals surface area contributed by atoms with Crippen LogP contribution in [0.25, 0.3) is 0 Å². The van der Waals surface area contributed by atoms with Gasteiger partial charge in [0.05, 0.1) is 4.05 Å². The van der Waals surface area contributed by atoms with Crippen LogP contribution in [-0.2, 0) is 0 Å². The third kappa shape index (κ3) is 2.68. The lowest BCUT2D eigenvalue weighted by Gasteiger charge is -2.42. The third-order valence-corrected chi connectivity index (χ3v) is 6.28. The van der Waals surface area contributed by atoms with E-state index in [-0.39, 0.29) is 0 Å². The molecule has 0 bridgehead atoms. The first-order valence-corrected chi connectivity index (χ1v) is 8.35. The van der Waals surface area contributed by atoms with Crippen LogP contribution < -0.4 is 0 Å². The Morgan fingerprint density at radius 3 is 2.69 bits per heavy atom. The van der Waals surface area contributed by atoms with Crippen LogP contribution in [0.3, 0.4) is 0 Å². The van der Waals surface area contributed by atoms with Gasteiger partial charge in [-0.2, -0.15) is 0 Å². The van der Waals surface area contributed by atoms with E-state index in [1.807, 2.05) is 11.8 Å². The zero-order chi connectivity index (χ0) is 11.7. The van der Waals surface area contributed by atoms with Crippen molar-refractivity contribution in [2.45, 2.75) is 55.4 Å². The Balaban J connectivity index is 2.11. The van der Waals surface area contributed by atoms with E-state index in [4.69, 9.17) is 4.99 Å². The molecule has 2 rings (SSSR count). The van der Waals surface area contributed by atoms with Crippen molar-refractivity contribution in [3.8, 4) is 0 Å². The Bertz CT molecular complexity index is 272. The molecule has 2 aliphatic heterocycles. The van der Waals surface area contributed by atoms with Crippen LogP contribution in [0.4, 0.5) is 0 Å². The minimum Gasteiger partial charge on any atom is -0.337 e. The summed E-state index contributed by atoms with van der Waals surface area (Å²) >= 11 is 4.56. The molecule has 4 heteroatoms. The van der Waals surface area contributed by atoms with Crippen molar-refractivity contribution < 1.29 is 0 Å². The van der Waals surface area contributed by atoms with Crippen molar-refractivity contribution in [1.29, 1.82) is 0 Å². The van der Waals surface area contributed by atoms with Gasteiger partial charge < -0.3 is 4.90 Å². The molecule has 2 unspecified atom stereocenters. The van der Waals surface area contributed by atoms with E-state index in [0.717, 1.165) is 12.5 Å².